The summed E-state index contributed by atoms with van der Waals surface area (Å²) in [5.74, 6) is 1.03. The Morgan fingerprint density at radius 2 is 1.62 bits per heavy atom. The van der Waals surface area contributed by atoms with Crippen molar-refractivity contribution in [2.24, 2.45) is 7.05 Å². The van der Waals surface area contributed by atoms with Crippen LogP contribution in [-0.4, -0.2) is 4.98 Å². The first-order chi connectivity index (χ1) is 11.4. The highest BCUT2D eigenvalue weighted by Crippen LogP contribution is 2.49. The lowest BCUT2D eigenvalue weighted by atomic mass is 9.81. The molecule has 0 radical (unpaired) electrons. The lowest BCUT2D eigenvalue weighted by Gasteiger charge is -2.22. The molecule has 1 aliphatic rings. The summed E-state index contributed by atoms with van der Waals surface area (Å²) in [7, 11) is 2.06. The summed E-state index contributed by atoms with van der Waals surface area (Å²) in [6, 6.07) is 15.5. The number of benzene rings is 2. The van der Waals surface area contributed by atoms with Crippen LogP contribution in [0.2, 0.25) is 0 Å². The van der Waals surface area contributed by atoms with Crippen LogP contribution >= 0.6 is 0 Å². The van der Waals surface area contributed by atoms with Gasteiger partial charge < -0.3 is 0 Å². The van der Waals surface area contributed by atoms with Gasteiger partial charge in [0, 0.05) is 18.4 Å². The number of hydrogen-bond donors (Lipinski definition) is 0. The first kappa shape index (κ1) is 15.1. The maximum absolute atomic E-state index is 4.78. The predicted octanol–water partition coefficient (Wildman–Crippen LogP) is 4.50. The third-order valence-electron chi connectivity index (χ3n) is 5.33. The Labute approximate surface area is 143 Å². The number of nitrogens with zero attached hydrogens (tertiary/aromatic N) is 2. The molecule has 2 nitrogen and oxygen atoms in total. The summed E-state index contributed by atoms with van der Waals surface area (Å²) in [5, 5.41) is 0. The van der Waals surface area contributed by atoms with Crippen LogP contribution in [0.1, 0.15) is 36.2 Å². The van der Waals surface area contributed by atoms with Crippen molar-refractivity contribution in [3.63, 3.8) is 0 Å². The van der Waals surface area contributed by atoms with E-state index in [4.69, 9.17) is 4.98 Å². The van der Waals surface area contributed by atoms with Crippen molar-refractivity contribution in [2.45, 2.75) is 33.1 Å². The van der Waals surface area contributed by atoms with Gasteiger partial charge in [0.05, 0.1) is 18.8 Å². The molecule has 0 fully saturated rings. The van der Waals surface area contributed by atoms with Crippen LogP contribution in [0, 0.1) is 13.8 Å². The predicted molar refractivity (Wildman–Crippen MR) is 97.9 cm³/mol. The van der Waals surface area contributed by atoms with E-state index in [0.717, 1.165) is 11.5 Å². The molecule has 1 aromatic heterocycles. The van der Waals surface area contributed by atoms with Gasteiger partial charge in [0.15, 0.2) is 5.69 Å². The summed E-state index contributed by atoms with van der Waals surface area (Å²) in [4.78, 5) is 4.78. The van der Waals surface area contributed by atoms with E-state index in [2.05, 4.69) is 75.0 Å². The van der Waals surface area contributed by atoms with Crippen molar-refractivity contribution in [2.75, 3.05) is 0 Å². The van der Waals surface area contributed by atoms with Crippen molar-refractivity contribution in [3.8, 4) is 22.5 Å². The summed E-state index contributed by atoms with van der Waals surface area (Å²) in [6.07, 6.45) is 2.09. The van der Waals surface area contributed by atoms with Crippen LogP contribution in [0.4, 0.5) is 0 Å². The molecule has 0 bridgehead atoms. The van der Waals surface area contributed by atoms with E-state index in [-0.39, 0.29) is 5.41 Å². The molecule has 1 aliphatic carbocycles. The van der Waals surface area contributed by atoms with Gasteiger partial charge in [-0.05, 0) is 45.8 Å². The fourth-order valence-electron chi connectivity index (χ4n) is 3.92. The second kappa shape index (κ2) is 5.01. The smallest absolute Gasteiger partial charge is 0.233 e. The molecule has 24 heavy (non-hydrogen) atoms. The lowest BCUT2D eigenvalue weighted by molar-refractivity contribution is -0.663. The van der Waals surface area contributed by atoms with E-state index in [1.807, 2.05) is 13.0 Å². The van der Waals surface area contributed by atoms with E-state index in [9.17, 15) is 0 Å². The zero-order chi connectivity index (χ0) is 17.1. The zero-order valence-corrected chi connectivity index (χ0v) is 15.0. The van der Waals surface area contributed by atoms with Gasteiger partial charge in [0.25, 0.3) is 0 Å². The monoisotopic (exact) mass is 315 g/mol. The van der Waals surface area contributed by atoms with Crippen LogP contribution in [0.3, 0.4) is 0 Å². The van der Waals surface area contributed by atoms with Gasteiger partial charge in [-0.15, -0.1) is 0 Å². The highest BCUT2D eigenvalue weighted by Gasteiger charge is 2.36. The molecule has 0 unspecified atom stereocenters. The fourth-order valence-corrected chi connectivity index (χ4v) is 3.92. The average Bonchev–Trinajstić information content (AvgIpc) is 2.77. The minimum Gasteiger partial charge on any atom is -0.233 e. The summed E-state index contributed by atoms with van der Waals surface area (Å²) >= 11 is 0. The number of aromatic nitrogens is 2. The lowest BCUT2D eigenvalue weighted by Crippen LogP contribution is -2.32. The third-order valence-corrected chi connectivity index (χ3v) is 5.33. The molecule has 1 heterocycles. The van der Waals surface area contributed by atoms with Gasteiger partial charge in [-0.3, -0.25) is 0 Å². The van der Waals surface area contributed by atoms with Crippen molar-refractivity contribution in [3.05, 3.63) is 71.0 Å². The van der Waals surface area contributed by atoms with Crippen LogP contribution in [0.5, 0.6) is 0 Å². The topological polar surface area (TPSA) is 16.8 Å². The Kier molecular flexibility index (Phi) is 3.14. The second-order valence-corrected chi connectivity index (χ2v) is 7.39. The molecule has 0 spiro atoms. The largest absolute Gasteiger partial charge is 0.330 e. The SMILES string of the molecule is Cc1cc[n+](C)c(-c2cc3c(cc2C)C(C)(C)c2ccccc2-3)n1. The first-order valence-electron chi connectivity index (χ1n) is 8.48. The van der Waals surface area contributed by atoms with Gasteiger partial charge in [-0.2, -0.15) is 0 Å². The maximum atomic E-state index is 4.78. The molecule has 0 amide bonds. The normalized spacial score (nSPS) is 14.4. The first-order valence-corrected chi connectivity index (χ1v) is 8.48. The summed E-state index contributed by atoms with van der Waals surface area (Å²) in [6.45, 7) is 8.88. The Bertz CT molecular complexity index is 968. The molecule has 2 heteroatoms. The van der Waals surface area contributed by atoms with Crippen molar-refractivity contribution in [1.82, 2.24) is 4.98 Å². The molecule has 0 N–H and O–H groups in total. The van der Waals surface area contributed by atoms with Crippen molar-refractivity contribution < 1.29 is 4.57 Å². The van der Waals surface area contributed by atoms with Crippen molar-refractivity contribution >= 4 is 0 Å². The molecule has 0 aliphatic heterocycles. The summed E-state index contributed by atoms with van der Waals surface area (Å²) < 4.78 is 2.10. The summed E-state index contributed by atoms with van der Waals surface area (Å²) in [5.41, 5.74) is 9.13. The molecule has 120 valence electrons. The van der Waals surface area contributed by atoms with E-state index in [0.29, 0.717) is 0 Å². The Morgan fingerprint density at radius 1 is 0.875 bits per heavy atom. The molecule has 4 rings (SSSR count). The minimum absolute atomic E-state index is 0.0530. The van der Waals surface area contributed by atoms with Gasteiger partial charge in [-0.25, -0.2) is 4.57 Å². The van der Waals surface area contributed by atoms with E-state index in [1.54, 1.807) is 0 Å². The van der Waals surface area contributed by atoms with E-state index >= 15 is 0 Å². The number of rotatable bonds is 1. The minimum atomic E-state index is 0.0530. The quantitative estimate of drug-likeness (QED) is 0.604. The van der Waals surface area contributed by atoms with Gasteiger partial charge in [-0.1, -0.05) is 44.2 Å². The molecule has 0 atom stereocenters. The Morgan fingerprint density at radius 3 is 2.42 bits per heavy atom. The van der Waals surface area contributed by atoms with E-state index in [1.165, 1.54) is 33.4 Å². The highest BCUT2D eigenvalue weighted by molar-refractivity contribution is 5.84. The van der Waals surface area contributed by atoms with Crippen LogP contribution < -0.4 is 4.57 Å². The number of fused-ring (bicyclic) bond motifs is 3. The standard InChI is InChI=1S/C22H23N2/c1-14-12-20-18(16-8-6-7-9-19(16)22(20,3)4)13-17(14)21-23-15(2)10-11-24(21)5/h6-13H,1-5H3/q+1. The Hall–Kier alpha value is -2.48. The fraction of sp³-hybridized carbons (Fsp3) is 0.273. The van der Waals surface area contributed by atoms with Gasteiger partial charge in [0.1, 0.15) is 0 Å². The van der Waals surface area contributed by atoms with Gasteiger partial charge >= 0.3 is 5.82 Å². The zero-order valence-electron chi connectivity index (χ0n) is 15.0. The second-order valence-electron chi connectivity index (χ2n) is 7.39. The molecule has 2 aromatic carbocycles. The highest BCUT2D eigenvalue weighted by atomic mass is 15.0. The number of aryl methyl sites for hydroxylation is 3. The van der Waals surface area contributed by atoms with Crippen LogP contribution in [0.15, 0.2) is 48.7 Å². The molecule has 0 saturated heterocycles. The Balaban J connectivity index is 2.02. The molecular weight excluding hydrogens is 292 g/mol. The molecule has 0 saturated carbocycles. The molecule has 3 aromatic rings. The van der Waals surface area contributed by atoms with Crippen LogP contribution in [-0.2, 0) is 12.5 Å². The van der Waals surface area contributed by atoms with Gasteiger partial charge in [0.2, 0.25) is 0 Å². The van der Waals surface area contributed by atoms with Crippen molar-refractivity contribution in [1.29, 1.82) is 0 Å². The number of hydrogen-bond acceptors (Lipinski definition) is 1. The van der Waals surface area contributed by atoms with E-state index < -0.39 is 0 Å². The average molecular weight is 315 g/mol. The third kappa shape index (κ3) is 2.02. The molecular formula is C22H23N2+. The maximum Gasteiger partial charge on any atom is 0.330 e. The van der Waals surface area contributed by atoms with Crippen LogP contribution in [0.25, 0.3) is 22.5 Å².